The van der Waals surface area contributed by atoms with Crippen LogP contribution in [0.1, 0.15) is 34.2 Å². The molecule has 8 nitrogen and oxygen atoms in total. The number of rotatable bonds is 7. The van der Waals surface area contributed by atoms with Gasteiger partial charge in [0.25, 0.3) is 5.91 Å². The molecule has 0 unspecified atom stereocenters. The number of benzene rings is 1. The zero-order valence-corrected chi connectivity index (χ0v) is 17.3. The van der Waals surface area contributed by atoms with Gasteiger partial charge < -0.3 is 5.32 Å². The van der Waals surface area contributed by atoms with Gasteiger partial charge in [-0.15, -0.1) is 0 Å². The van der Waals surface area contributed by atoms with Crippen molar-refractivity contribution >= 4 is 15.9 Å². The number of pyridine rings is 1. The molecule has 3 aromatic rings. The van der Waals surface area contributed by atoms with E-state index in [9.17, 15) is 13.2 Å². The lowest BCUT2D eigenvalue weighted by Crippen LogP contribution is -2.26. The summed E-state index contributed by atoms with van der Waals surface area (Å²) >= 11 is 0. The fourth-order valence-electron chi connectivity index (χ4n) is 2.89. The number of aromatic nitrogens is 3. The highest BCUT2D eigenvalue weighted by molar-refractivity contribution is 7.89. The van der Waals surface area contributed by atoms with E-state index in [1.54, 1.807) is 32.3 Å². The molecule has 2 heterocycles. The fourth-order valence-corrected chi connectivity index (χ4v) is 3.95. The van der Waals surface area contributed by atoms with Crippen molar-refractivity contribution in [1.82, 2.24) is 24.6 Å². The minimum absolute atomic E-state index is 0.0666. The number of carbonyl (C=O) groups is 1. The molecule has 0 aliphatic heterocycles. The van der Waals surface area contributed by atoms with E-state index in [1.165, 1.54) is 12.1 Å². The third-order valence-corrected chi connectivity index (χ3v) is 5.98. The molecule has 0 saturated heterocycles. The molecule has 29 heavy (non-hydrogen) atoms. The second-order valence-corrected chi connectivity index (χ2v) is 8.29. The first-order valence-corrected chi connectivity index (χ1v) is 10.6. The van der Waals surface area contributed by atoms with Crippen LogP contribution in [0.25, 0.3) is 5.82 Å². The summed E-state index contributed by atoms with van der Waals surface area (Å²) in [5.41, 5.74) is 1.89. The van der Waals surface area contributed by atoms with Crippen LogP contribution < -0.4 is 10.0 Å². The van der Waals surface area contributed by atoms with E-state index in [2.05, 4.69) is 20.0 Å². The summed E-state index contributed by atoms with van der Waals surface area (Å²) in [6, 6.07) is 8.20. The SMILES string of the molecule is CCNS(=O)(=O)c1ccc(C)c(C(=O)NCc2ccnc(-n3ccnc3C)c2)c1. The third kappa shape index (κ3) is 4.69. The van der Waals surface area contributed by atoms with Crippen LogP contribution >= 0.6 is 0 Å². The number of aryl methyl sites for hydroxylation is 2. The Morgan fingerprint density at radius 2 is 1.90 bits per heavy atom. The number of hydrogen-bond donors (Lipinski definition) is 2. The van der Waals surface area contributed by atoms with Crippen molar-refractivity contribution < 1.29 is 13.2 Å². The predicted octanol–water partition coefficient (Wildman–Crippen LogP) is 2.11. The van der Waals surface area contributed by atoms with Gasteiger partial charge in [0.05, 0.1) is 4.90 Å². The predicted molar refractivity (Wildman–Crippen MR) is 109 cm³/mol. The van der Waals surface area contributed by atoms with Crippen LogP contribution in [0.15, 0.2) is 53.8 Å². The summed E-state index contributed by atoms with van der Waals surface area (Å²) in [4.78, 5) is 21.3. The monoisotopic (exact) mass is 413 g/mol. The summed E-state index contributed by atoms with van der Waals surface area (Å²) in [6.45, 7) is 5.91. The molecule has 9 heteroatoms. The molecule has 0 aliphatic rings. The van der Waals surface area contributed by atoms with Gasteiger partial charge in [0.2, 0.25) is 10.0 Å². The molecule has 0 aliphatic carbocycles. The molecule has 152 valence electrons. The molecular weight excluding hydrogens is 390 g/mol. The van der Waals surface area contributed by atoms with Crippen LogP contribution in [-0.4, -0.2) is 35.4 Å². The Morgan fingerprint density at radius 1 is 1.10 bits per heavy atom. The highest BCUT2D eigenvalue weighted by Crippen LogP contribution is 2.16. The van der Waals surface area contributed by atoms with E-state index in [4.69, 9.17) is 0 Å². The number of imidazole rings is 1. The van der Waals surface area contributed by atoms with Gasteiger partial charge >= 0.3 is 0 Å². The Bertz CT molecular complexity index is 1140. The molecule has 1 aromatic carbocycles. The molecule has 3 rings (SSSR count). The molecule has 0 atom stereocenters. The van der Waals surface area contributed by atoms with Gasteiger partial charge in [-0.1, -0.05) is 13.0 Å². The normalized spacial score (nSPS) is 11.4. The van der Waals surface area contributed by atoms with E-state index in [1.807, 2.05) is 29.8 Å². The van der Waals surface area contributed by atoms with Gasteiger partial charge in [0, 0.05) is 37.2 Å². The van der Waals surface area contributed by atoms with Crippen molar-refractivity contribution in [2.75, 3.05) is 6.54 Å². The summed E-state index contributed by atoms with van der Waals surface area (Å²) in [7, 11) is -3.63. The first-order valence-electron chi connectivity index (χ1n) is 9.15. The van der Waals surface area contributed by atoms with Crippen LogP contribution in [0, 0.1) is 13.8 Å². The molecule has 0 spiro atoms. The highest BCUT2D eigenvalue weighted by Gasteiger charge is 2.17. The molecule has 0 bridgehead atoms. The van der Waals surface area contributed by atoms with Crippen molar-refractivity contribution in [2.45, 2.75) is 32.2 Å². The van der Waals surface area contributed by atoms with E-state index >= 15 is 0 Å². The van der Waals surface area contributed by atoms with Crippen LogP contribution in [-0.2, 0) is 16.6 Å². The zero-order valence-electron chi connectivity index (χ0n) is 16.5. The van der Waals surface area contributed by atoms with Crippen molar-refractivity contribution in [3.63, 3.8) is 0 Å². The van der Waals surface area contributed by atoms with Crippen molar-refractivity contribution in [3.05, 3.63) is 71.4 Å². The number of hydrogen-bond acceptors (Lipinski definition) is 5. The average Bonchev–Trinajstić information content (AvgIpc) is 3.12. The maximum atomic E-state index is 12.7. The summed E-state index contributed by atoms with van der Waals surface area (Å²) in [6.07, 6.45) is 5.19. The summed E-state index contributed by atoms with van der Waals surface area (Å²) in [5, 5.41) is 2.85. The lowest BCUT2D eigenvalue weighted by atomic mass is 10.1. The van der Waals surface area contributed by atoms with Gasteiger partial charge in [0.15, 0.2) is 0 Å². The maximum absolute atomic E-state index is 12.7. The zero-order chi connectivity index (χ0) is 21.0. The van der Waals surface area contributed by atoms with Crippen molar-refractivity contribution in [3.8, 4) is 5.82 Å². The first-order chi connectivity index (χ1) is 13.8. The Morgan fingerprint density at radius 3 is 2.59 bits per heavy atom. The molecule has 0 radical (unpaired) electrons. The number of sulfonamides is 1. The fraction of sp³-hybridized carbons (Fsp3) is 0.250. The van der Waals surface area contributed by atoms with E-state index in [-0.39, 0.29) is 23.9 Å². The van der Waals surface area contributed by atoms with Gasteiger partial charge in [0.1, 0.15) is 11.6 Å². The minimum Gasteiger partial charge on any atom is -0.348 e. The van der Waals surface area contributed by atoms with Crippen LogP contribution in [0.5, 0.6) is 0 Å². The maximum Gasteiger partial charge on any atom is 0.251 e. The highest BCUT2D eigenvalue weighted by atomic mass is 32.2. The Labute approximate surface area is 170 Å². The molecule has 2 N–H and O–H groups in total. The second-order valence-electron chi connectivity index (χ2n) is 6.53. The largest absolute Gasteiger partial charge is 0.348 e. The first kappa shape index (κ1) is 20.7. The number of carbonyl (C=O) groups excluding carboxylic acids is 1. The van der Waals surface area contributed by atoms with Crippen LogP contribution in [0.4, 0.5) is 0 Å². The Balaban J connectivity index is 1.77. The molecule has 2 aromatic heterocycles. The van der Waals surface area contributed by atoms with Gasteiger partial charge in [-0.3, -0.25) is 9.36 Å². The Kier molecular flexibility index (Phi) is 6.09. The van der Waals surface area contributed by atoms with Gasteiger partial charge in [-0.2, -0.15) is 0 Å². The lowest BCUT2D eigenvalue weighted by Gasteiger charge is -2.11. The second kappa shape index (κ2) is 8.54. The molecular formula is C20H23N5O3S. The van der Waals surface area contributed by atoms with Crippen LogP contribution in [0.3, 0.4) is 0 Å². The quantitative estimate of drug-likeness (QED) is 0.617. The number of nitrogens with zero attached hydrogens (tertiary/aromatic N) is 3. The van der Waals surface area contributed by atoms with Gasteiger partial charge in [-0.05, 0) is 49.2 Å². The number of nitrogens with one attached hydrogen (secondary N) is 2. The third-order valence-electron chi connectivity index (χ3n) is 4.43. The van der Waals surface area contributed by atoms with E-state index < -0.39 is 10.0 Å². The van der Waals surface area contributed by atoms with Crippen molar-refractivity contribution in [2.24, 2.45) is 0 Å². The van der Waals surface area contributed by atoms with Crippen molar-refractivity contribution in [1.29, 1.82) is 0 Å². The molecule has 0 fully saturated rings. The average molecular weight is 414 g/mol. The molecule has 1 amide bonds. The smallest absolute Gasteiger partial charge is 0.251 e. The minimum atomic E-state index is -3.63. The van der Waals surface area contributed by atoms with Crippen LogP contribution in [0.2, 0.25) is 0 Å². The summed E-state index contributed by atoms with van der Waals surface area (Å²) < 4.78 is 28.7. The van der Waals surface area contributed by atoms with E-state index in [0.717, 1.165) is 11.4 Å². The molecule has 0 saturated carbocycles. The standard InChI is InChI=1S/C20H23N5O3S/c1-4-24-29(27,28)17-6-5-14(2)18(12-17)20(26)23-13-16-7-8-22-19(11-16)25-10-9-21-15(25)3/h5-12,24H,4,13H2,1-3H3,(H,23,26). The lowest BCUT2D eigenvalue weighted by molar-refractivity contribution is 0.0950. The topological polar surface area (TPSA) is 106 Å². The summed E-state index contributed by atoms with van der Waals surface area (Å²) in [5.74, 6) is 1.18. The Hall–Kier alpha value is -3.04. The van der Waals surface area contributed by atoms with Gasteiger partial charge in [-0.25, -0.2) is 23.1 Å². The van der Waals surface area contributed by atoms with E-state index in [0.29, 0.717) is 16.9 Å². The number of amides is 1.